The van der Waals surface area contributed by atoms with Gasteiger partial charge in [0.25, 0.3) is 0 Å². The van der Waals surface area contributed by atoms with Crippen LogP contribution in [0.3, 0.4) is 0 Å². The molecule has 0 aliphatic heterocycles. The summed E-state index contributed by atoms with van der Waals surface area (Å²) in [5.74, 6) is 0.142. The molecule has 0 bridgehead atoms. The van der Waals surface area contributed by atoms with Crippen molar-refractivity contribution in [2.45, 2.75) is 51.6 Å². The van der Waals surface area contributed by atoms with E-state index >= 15 is 0 Å². The standard InChI is InChI=1S/C13H21NO/c1-3-4-5-9-13(15)11(2)12-8-6-7-10-14-12/h6-8,10-11,13,15H,3-5,9H2,1-2H3. The molecule has 2 unspecified atom stereocenters. The smallest absolute Gasteiger partial charge is 0.0621 e. The van der Waals surface area contributed by atoms with E-state index in [0.717, 1.165) is 18.5 Å². The van der Waals surface area contributed by atoms with Gasteiger partial charge in [-0.2, -0.15) is 0 Å². The minimum atomic E-state index is -0.258. The van der Waals surface area contributed by atoms with E-state index in [1.54, 1.807) is 6.20 Å². The molecule has 15 heavy (non-hydrogen) atoms. The Morgan fingerprint density at radius 2 is 2.13 bits per heavy atom. The highest BCUT2D eigenvalue weighted by Gasteiger charge is 2.16. The fourth-order valence-corrected chi connectivity index (χ4v) is 1.70. The van der Waals surface area contributed by atoms with Crippen LogP contribution in [0.25, 0.3) is 0 Å². The van der Waals surface area contributed by atoms with E-state index < -0.39 is 0 Å². The van der Waals surface area contributed by atoms with Crippen LogP contribution in [0.4, 0.5) is 0 Å². The Labute approximate surface area is 92.4 Å². The molecule has 0 spiro atoms. The van der Waals surface area contributed by atoms with Crippen LogP contribution in [-0.2, 0) is 0 Å². The summed E-state index contributed by atoms with van der Waals surface area (Å²) in [6, 6.07) is 5.85. The second-order valence-electron chi connectivity index (χ2n) is 4.11. The minimum absolute atomic E-state index is 0.142. The first-order valence-corrected chi connectivity index (χ1v) is 5.84. The lowest BCUT2D eigenvalue weighted by Crippen LogP contribution is -2.16. The van der Waals surface area contributed by atoms with E-state index in [9.17, 15) is 5.11 Å². The van der Waals surface area contributed by atoms with Gasteiger partial charge in [0.15, 0.2) is 0 Å². The summed E-state index contributed by atoms with van der Waals surface area (Å²) in [5, 5.41) is 9.96. The van der Waals surface area contributed by atoms with Gasteiger partial charge in [0.05, 0.1) is 6.10 Å². The molecular weight excluding hydrogens is 186 g/mol. The van der Waals surface area contributed by atoms with E-state index in [1.165, 1.54) is 12.8 Å². The van der Waals surface area contributed by atoms with Crippen LogP contribution in [0, 0.1) is 0 Å². The topological polar surface area (TPSA) is 33.1 Å². The van der Waals surface area contributed by atoms with Gasteiger partial charge in [-0.25, -0.2) is 0 Å². The lowest BCUT2D eigenvalue weighted by molar-refractivity contribution is 0.135. The van der Waals surface area contributed by atoms with E-state index in [1.807, 2.05) is 25.1 Å². The number of hydrogen-bond donors (Lipinski definition) is 1. The Hall–Kier alpha value is -0.890. The van der Waals surface area contributed by atoms with E-state index in [4.69, 9.17) is 0 Å². The van der Waals surface area contributed by atoms with Gasteiger partial charge < -0.3 is 5.11 Å². The van der Waals surface area contributed by atoms with Crippen LogP contribution in [0.15, 0.2) is 24.4 Å². The summed E-state index contributed by atoms with van der Waals surface area (Å²) in [7, 11) is 0. The first kappa shape index (κ1) is 12.2. The van der Waals surface area contributed by atoms with Crippen LogP contribution >= 0.6 is 0 Å². The fourth-order valence-electron chi connectivity index (χ4n) is 1.70. The zero-order chi connectivity index (χ0) is 11.1. The second kappa shape index (κ2) is 6.57. The summed E-state index contributed by atoms with van der Waals surface area (Å²) >= 11 is 0. The molecule has 2 nitrogen and oxygen atoms in total. The van der Waals surface area contributed by atoms with Crippen LogP contribution < -0.4 is 0 Å². The number of aliphatic hydroxyl groups excluding tert-OH is 1. The van der Waals surface area contributed by atoms with Crippen molar-refractivity contribution in [1.82, 2.24) is 4.98 Å². The van der Waals surface area contributed by atoms with Crippen molar-refractivity contribution in [2.24, 2.45) is 0 Å². The van der Waals surface area contributed by atoms with Crippen LogP contribution in [-0.4, -0.2) is 16.2 Å². The highest BCUT2D eigenvalue weighted by atomic mass is 16.3. The number of aliphatic hydroxyl groups is 1. The Morgan fingerprint density at radius 1 is 1.33 bits per heavy atom. The van der Waals surface area contributed by atoms with Gasteiger partial charge in [-0.3, -0.25) is 4.98 Å². The Morgan fingerprint density at radius 3 is 2.73 bits per heavy atom. The zero-order valence-corrected chi connectivity index (χ0v) is 9.69. The summed E-state index contributed by atoms with van der Waals surface area (Å²) < 4.78 is 0. The average molecular weight is 207 g/mol. The average Bonchev–Trinajstić information content (AvgIpc) is 2.29. The van der Waals surface area contributed by atoms with E-state index in [-0.39, 0.29) is 12.0 Å². The molecule has 0 amide bonds. The molecule has 84 valence electrons. The fraction of sp³-hybridized carbons (Fsp3) is 0.615. The van der Waals surface area contributed by atoms with Gasteiger partial charge >= 0.3 is 0 Å². The quantitative estimate of drug-likeness (QED) is 0.727. The van der Waals surface area contributed by atoms with Gasteiger partial charge in [0.2, 0.25) is 0 Å². The van der Waals surface area contributed by atoms with Crippen molar-refractivity contribution in [2.75, 3.05) is 0 Å². The summed E-state index contributed by atoms with van der Waals surface area (Å²) in [6.45, 7) is 4.22. The first-order chi connectivity index (χ1) is 7.25. The van der Waals surface area contributed by atoms with Gasteiger partial charge in [0, 0.05) is 17.8 Å². The number of rotatable bonds is 6. The summed E-state index contributed by atoms with van der Waals surface area (Å²) in [4.78, 5) is 4.27. The lowest BCUT2D eigenvalue weighted by Gasteiger charge is -2.17. The van der Waals surface area contributed by atoms with Crippen LogP contribution in [0.1, 0.15) is 51.1 Å². The molecule has 1 N–H and O–H groups in total. The molecule has 1 aromatic heterocycles. The van der Waals surface area contributed by atoms with Gasteiger partial charge in [-0.05, 0) is 18.6 Å². The molecule has 1 rings (SSSR count). The van der Waals surface area contributed by atoms with Crippen molar-refractivity contribution >= 4 is 0 Å². The molecule has 2 atom stereocenters. The predicted molar refractivity (Wildman–Crippen MR) is 62.8 cm³/mol. The molecule has 0 radical (unpaired) electrons. The predicted octanol–water partition coefficient (Wildman–Crippen LogP) is 3.13. The normalized spacial score (nSPS) is 14.9. The highest BCUT2D eigenvalue weighted by molar-refractivity contribution is 5.09. The largest absolute Gasteiger partial charge is 0.392 e. The number of pyridine rings is 1. The SMILES string of the molecule is CCCCCC(O)C(C)c1ccccn1. The number of aromatic nitrogens is 1. The molecule has 0 saturated heterocycles. The van der Waals surface area contributed by atoms with Crippen LogP contribution in [0.5, 0.6) is 0 Å². The van der Waals surface area contributed by atoms with Gasteiger partial charge in [-0.1, -0.05) is 39.2 Å². The maximum atomic E-state index is 9.96. The maximum Gasteiger partial charge on any atom is 0.0621 e. The maximum absolute atomic E-state index is 9.96. The molecule has 0 aromatic carbocycles. The van der Waals surface area contributed by atoms with Crippen molar-refractivity contribution in [3.05, 3.63) is 30.1 Å². The van der Waals surface area contributed by atoms with Crippen LogP contribution in [0.2, 0.25) is 0 Å². The third kappa shape index (κ3) is 4.00. The molecule has 0 aliphatic rings. The van der Waals surface area contributed by atoms with Crippen molar-refractivity contribution in [1.29, 1.82) is 0 Å². The first-order valence-electron chi connectivity index (χ1n) is 5.84. The Kier molecular flexibility index (Phi) is 5.33. The molecule has 2 heteroatoms. The minimum Gasteiger partial charge on any atom is -0.392 e. The lowest BCUT2D eigenvalue weighted by atomic mass is 9.96. The number of hydrogen-bond acceptors (Lipinski definition) is 2. The zero-order valence-electron chi connectivity index (χ0n) is 9.69. The van der Waals surface area contributed by atoms with E-state index in [0.29, 0.717) is 0 Å². The summed E-state index contributed by atoms with van der Waals surface area (Å²) in [5.41, 5.74) is 0.987. The molecule has 0 aliphatic carbocycles. The van der Waals surface area contributed by atoms with Crippen molar-refractivity contribution in [3.63, 3.8) is 0 Å². The van der Waals surface area contributed by atoms with Crippen molar-refractivity contribution in [3.8, 4) is 0 Å². The highest BCUT2D eigenvalue weighted by Crippen LogP contribution is 2.20. The Balaban J connectivity index is 2.42. The summed E-state index contributed by atoms with van der Waals surface area (Å²) in [6.07, 6.45) is 5.91. The second-order valence-corrected chi connectivity index (χ2v) is 4.11. The molecular formula is C13H21NO. The Bertz CT molecular complexity index is 260. The molecule has 1 aromatic rings. The third-order valence-corrected chi connectivity index (χ3v) is 2.83. The van der Waals surface area contributed by atoms with Gasteiger partial charge in [0.1, 0.15) is 0 Å². The number of unbranched alkanes of at least 4 members (excludes halogenated alkanes) is 2. The van der Waals surface area contributed by atoms with Crippen molar-refractivity contribution < 1.29 is 5.11 Å². The van der Waals surface area contributed by atoms with E-state index in [2.05, 4.69) is 11.9 Å². The third-order valence-electron chi connectivity index (χ3n) is 2.83. The molecule has 1 heterocycles. The number of nitrogens with zero attached hydrogens (tertiary/aromatic N) is 1. The van der Waals surface area contributed by atoms with Gasteiger partial charge in [-0.15, -0.1) is 0 Å². The molecule has 0 fully saturated rings. The molecule has 0 saturated carbocycles. The monoisotopic (exact) mass is 207 g/mol.